The normalized spacial score (nSPS) is 21.9. The Hall–Kier alpha value is -4.49. The SMILES string of the molecule is C#Cc1cccc2cccc(-c3ncc4c(N5CC6CC[C@H](C5)N6C(=O)OC(C)(C)C)nc(OCC56CCCN5CCC6)nc4c3F)c12. The van der Waals surface area contributed by atoms with Gasteiger partial charge in [-0.25, -0.2) is 9.18 Å². The van der Waals surface area contributed by atoms with Gasteiger partial charge >= 0.3 is 12.1 Å². The van der Waals surface area contributed by atoms with Crippen molar-refractivity contribution in [1.29, 1.82) is 0 Å². The second kappa shape index (κ2) is 11.6. The second-order valence-electron chi connectivity index (χ2n) is 14.8. The van der Waals surface area contributed by atoms with Gasteiger partial charge in [-0.05, 0) is 83.8 Å². The van der Waals surface area contributed by atoms with Gasteiger partial charge in [0, 0.05) is 35.8 Å². The van der Waals surface area contributed by atoms with Gasteiger partial charge in [0.1, 0.15) is 29.2 Å². The van der Waals surface area contributed by atoms with E-state index < -0.39 is 11.4 Å². The number of ether oxygens (including phenoxy) is 2. The van der Waals surface area contributed by atoms with E-state index in [9.17, 15) is 4.79 Å². The van der Waals surface area contributed by atoms with Gasteiger partial charge in [0.25, 0.3) is 0 Å². The maximum Gasteiger partial charge on any atom is 0.410 e. The van der Waals surface area contributed by atoms with Crippen LogP contribution in [0.4, 0.5) is 15.0 Å². The van der Waals surface area contributed by atoms with Gasteiger partial charge in [-0.15, -0.1) is 6.42 Å². The number of halogens is 1. The molecule has 2 aromatic heterocycles. The number of anilines is 1. The zero-order chi connectivity index (χ0) is 33.2. The van der Waals surface area contributed by atoms with Crippen LogP contribution < -0.4 is 9.64 Å². The van der Waals surface area contributed by atoms with Crippen LogP contribution in [0, 0.1) is 18.2 Å². The minimum atomic E-state index is -0.581. The van der Waals surface area contributed by atoms with E-state index in [1.807, 2.05) is 62.1 Å². The van der Waals surface area contributed by atoms with Crippen molar-refractivity contribution >= 4 is 33.6 Å². The van der Waals surface area contributed by atoms with Crippen LogP contribution in [-0.2, 0) is 4.74 Å². The van der Waals surface area contributed by atoms with Gasteiger partial charge in [0.05, 0.1) is 23.0 Å². The molecule has 4 saturated heterocycles. The Morgan fingerprint density at radius 2 is 1.77 bits per heavy atom. The number of rotatable bonds is 5. The first-order valence-electron chi connectivity index (χ1n) is 17.1. The number of carbonyl (C=O) groups excluding carboxylic acids is 1. The number of fused-ring (bicyclic) bond motifs is 5. The smallest absolute Gasteiger partial charge is 0.410 e. The topological polar surface area (TPSA) is 83.9 Å². The number of aromatic nitrogens is 3. The first-order valence-corrected chi connectivity index (χ1v) is 17.1. The Bertz CT molecular complexity index is 1940. The van der Waals surface area contributed by atoms with Gasteiger partial charge in [-0.2, -0.15) is 9.97 Å². The van der Waals surface area contributed by atoms with Gasteiger partial charge in [0.2, 0.25) is 0 Å². The summed E-state index contributed by atoms with van der Waals surface area (Å²) in [4.78, 5) is 34.1. The third-order valence-corrected chi connectivity index (χ3v) is 10.6. The fourth-order valence-corrected chi connectivity index (χ4v) is 8.52. The number of carbonyl (C=O) groups is 1. The monoisotopic (exact) mass is 648 g/mol. The number of benzene rings is 2. The molecule has 1 unspecified atom stereocenters. The maximum atomic E-state index is 16.9. The highest BCUT2D eigenvalue weighted by atomic mass is 19.1. The third-order valence-electron chi connectivity index (χ3n) is 10.6. The van der Waals surface area contributed by atoms with Gasteiger partial charge in [-0.1, -0.05) is 36.3 Å². The standard InChI is InChI=1S/C38H41FN6O3/c1-5-24-10-6-11-25-12-7-13-28(30(24)25)32-31(39)33-29(20-40-32)34(42-35(41-33)47-23-38-16-8-18-44(38)19-9-17-38)43-21-26-14-15-27(22-43)45(26)36(46)48-37(2,3)4/h1,6-7,10-13,20,26-27H,8-9,14-19,21-23H2,2-4H3/t26-,27?/m1/s1. The summed E-state index contributed by atoms with van der Waals surface area (Å²) in [6.45, 7) is 9.34. The van der Waals surface area contributed by atoms with Crippen molar-refractivity contribution < 1.29 is 18.7 Å². The Morgan fingerprint density at radius 1 is 1.06 bits per heavy atom. The summed E-state index contributed by atoms with van der Waals surface area (Å²) < 4.78 is 29.1. The third kappa shape index (κ3) is 5.20. The van der Waals surface area contributed by atoms with Crippen LogP contribution >= 0.6 is 0 Å². The molecule has 0 aliphatic carbocycles. The second-order valence-corrected chi connectivity index (χ2v) is 14.8. The first-order chi connectivity index (χ1) is 23.1. The van der Waals surface area contributed by atoms with Gasteiger partial charge in [-0.3, -0.25) is 14.8 Å². The lowest BCUT2D eigenvalue weighted by atomic mass is 9.95. The van der Waals surface area contributed by atoms with Crippen molar-refractivity contribution in [3.05, 3.63) is 54.0 Å². The molecule has 4 aliphatic rings. The molecule has 0 radical (unpaired) electrons. The van der Waals surface area contributed by atoms with Crippen LogP contribution in [0.2, 0.25) is 0 Å². The Morgan fingerprint density at radius 3 is 2.46 bits per heavy atom. The van der Waals surface area contributed by atoms with E-state index in [-0.39, 0.29) is 40.9 Å². The fourth-order valence-electron chi connectivity index (χ4n) is 8.52. The molecule has 10 heteroatoms. The van der Waals surface area contributed by atoms with Crippen LogP contribution in [0.15, 0.2) is 42.6 Å². The van der Waals surface area contributed by atoms with Crippen molar-refractivity contribution in [3.63, 3.8) is 0 Å². The first kappa shape index (κ1) is 30.8. The van der Waals surface area contributed by atoms with Gasteiger partial charge in [0.15, 0.2) is 5.82 Å². The number of amides is 1. The van der Waals surface area contributed by atoms with Crippen LogP contribution in [0.25, 0.3) is 32.9 Å². The molecule has 0 spiro atoms. The summed E-state index contributed by atoms with van der Waals surface area (Å²) >= 11 is 0. The minimum absolute atomic E-state index is 0.0207. The average Bonchev–Trinajstić information content (AvgIpc) is 3.73. The summed E-state index contributed by atoms with van der Waals surface area (Å²) in [6.07, 6.45) is 13.4. The van der Waals surface area contributed by atoms with Crippen molar-refractivity contribution in [2.24, 2.45) is 0 Å². The fraction of sp³-hybridized carbons (Fsp3) is 0.474. The van der Waals surface area contributed by atoms with E-state index in [1.165, 1.54) is 0 Å². The molecule has 2 aromatic carbocycles. The van der Waals surface area contributed by atoms with Crippen molar-refractivity contribution in [3.8, 4) is 29.6 Å². The molecule has 2 bridgehead atoms. The molecule has 0 N–H and O–H groups in total. The molecule has 6 heterocycles. The molecule has 1 amide bonds. The summed E-state index contributed by atoms with van der Waals surface area (Å²) in [5.41, 5.74) is 1.02. The molecular formula is C38H41FN6O3. The summed E-state index contributed by atoms with van der Waals surface area (Å²) in [5, 5.41) is 2.19. The number of piperazine rings is 1. The van der Waals surface area contributed by atoms with Crippen LogP contribution in [0.3, 0.4) is 0 Å². The highest BCUT2D eigenvalue weighted by Gasteiger charge is 2.46. The molecular weight excluding hydrogens is 607 g/mol. The van der Waals surface area contributed by atoms with Crippen molar-refractivity contribution in [2.75, 3.05) is 37.7 Å². The van der Waals surface area contributed by atoms with E-state index >= 15 is 4.39 Å². The lowest BCUT2D eigenvalue weighted by Gasteiger charge is -2.42. The molecule has 48 heavy (non-hydrogen) atoms. The highest BCUT2D eigenvalue weighted by molar-refractivity contribution is 6.02. The molecule has 0 saturated carbocycles. The summed E-state index contributed by atoms with van der Waals surface area (Å²) in [5.74, 6) is 2.78. The van der Waals surface area contributed by atoms with Crippen LogP contribution in [0.5, 0.6) is 6.01 Å². The Balaban J connectivity index is 1.21. The average molecular weight is 649 g/mol. The highest BCUT2D eigenvalue weighted by Crippen LogP contribution is 2.41. The maximum absolute atomic E-state index is 16.9. The summed E-state index contributed by atoms with van der Waals surface area (Å²) in [6, 6.07) is 11.5. The molecule has 248 valence electrons. The predicted molar refractivity (Wildman–Crippen MR) is 184 cm³/mol. The lowest BCUT2D eigenvalue weighted by Crippen LogP contribution is -2.57. The number of pyridine rings is 1. The molecule has 4 aliphatic heterocycles. The Labute approximate surface area is 280 Å². The molecule has 2 atom stereocenters. The predicted octanol–water partition coefficient (Wildman–Crippen LogP) is 6.56. The molecule has 8 rings (SSSR count). The Kier molecular flexibility index (Phi) is 7.44. The van der Waals surface area contributed by atoms with E-state index in [4.69, 9.17) is 30.8 Å². The van der Waals surface area contributed by atoms with Crippen molar-refractivity contribution in [1.82, 2.24) is 24.8 Å². The zero-order valence-electron chi connectivity index (χ0n) is 27.8. The van der Waals surface area contributed by atoms with E-state index in [0.29, 0.717) is 42.0 Å². The summed E-state index contributed by atoms with van der Waals surface area (Å²) in [7, 11) is 0. The van der Waals surface area contributed by atoms with E-state index in [2.05, 4.69) is 15.7 Å². The minimum Gasteiger partial charge on any atom is -0.461 e. The van der Waals surface area contributed by atoms with E-state index in [1.54, 1.807) is 6.20 Å². The largest absolute Gasteiger partial charge is 0.461 e. The molecule has 9 nitrogen and oxygen atoms in total. The lowest BCUT2D eigenvalue weighted by molar-refractivity contribution is 0.0122. The van der Waals surface area contributed by atoms with Crippen molar-refractivity contribution in [2.45, 2.75) is 82.5 Å². The molecule has 4 fully saturated rings. The number of nitrogens with zero attached hydrogens (tertiary/aromatic N) is 6. The number of hydrogen-bond donors (Lipinski definition) is 0. The van der Waals surface area contributed by atoms with Crippen LogP contribution in [-0.4, -0.2) is 86.9 Å². The van der Waals surface area contributed by atoms with Crippen LogP contribution in [0.1, 0.15) is 64.9 Å². The quantitative estimate of drug-likeness (QED) is 0.225. The number of hydrogen-bond acceptors (Lipinski definition) is 8. The number of terminal acetylenes is 1. The van der Waals surface area contributed by atoms with E-state index in [0.717, 1.165) is 62.4 Å². The molecule has 4 aromatic rings. The van der Waals surface area contributed by atoms with Gasteiger partial charge < -0.3 is 14.4 Å². The zero-order valence-corrected chi connectivity index (χ0v) is 27.8.